The van der Waals surface area contributed by atoms with Crippen LogP contribution in [0.25, 0.3) is 0 Å². The summed E-state index contributed by atoms with van der Waals surface area (Å²) in [6, 6.07) is 11.5. The van der Waals surface area contributed by atoms with Crippen LogP contribution in [0.15, 0.2) is 48.8 Å². The molecule has 0 bridgehead atoms. The Hall–Kier alpha value is -2.89. The van der Waals surface area contributed by atoms with E-state index in [-0.39, 0.29) is 23.3 Å². The summed E-state index contributed by atoms with van der Waals surface area (Å²) in [5.41, 5.74) is 2.96. The number of nitrogens with one attached hydrogen (secondary N) is 2. The first-order chi connectivity index (χ1) is 13.1. The molecule has 1 spiro atoms. The van der Waals surface area contributed by atoms with E-state index in [9.17, 15) is 9.59 Å². The second-order valence-electron chi connectivity index (χ2n) is 7.66. The number of urea groups is 1. The third-order valence-corrected chi connectivity index (χ3v) is 5.70. The molecule has 1 aliphatic heterocycles. The highest BCUT2D eigenvalue weighted by Gasteiger charge is 2.61. The first kappa shape index (κ1) is 17.5. The Labute approximate surface area is 159 Å². The van der Waals surface area contributed by atoms with Gasteiger partial charge < -0.3 is 15.5 Å². The number of benzene rings is 1. The van der Waals surface area contributed by atoms with Crippen LogP contribution in [0, 0.1) is 18.3 Å². The third kappa shape index (κ3) is 3.79. The molecule has 2 heterocycles. The predicted octanol–water partition coefficient (Wildman–Crippen LogP) is 2.95. The lowest BCUT2D eigenvalue weighted by Crippen LogP contribution is -2.34. The summed E-state index contributed by atoms with van der Waals surface area (Å²) < 4.78 is 0. The van der Waals surface area contributed by atoms with Gasteiger partial charge in [-0.2, -0.15) is 0 Å². The van der Waals surface area contributed by atoms with E-state index in [0.717, 1.165) is 29.7 Å². The fourth-order valence-electron chi connectivity index (χ4n) is 3.89. The smallest absolute Gasteiger partial charge is 0.321 e. The van der Waals surface area contributed by atoms with Gasteiger partial charge in [-0.15, -0.1) is 0 Å². The molecule has 2 unspecified atom stereocenters. The molecule has 1 saturated carbocycles. The topological polar surface area (TPSA) is 74.3 Å². The SMILES string of the molecule is Cc1ccc(NC(=O)N2CCC3(CC3C(=O)NCc3ccncc3)C2)cc1. The summed E-state index contributed by atoms with van der Waals surface area (Å²) in [4.78, 5) is 30.8. The number of anilines is 1. The molecular weight excluding hydrogens is 340 g/mol. The van der Waals surface area contributed by atoms with E-state index in [2.05, 4.69) is 15.6 Å². The minimum Gasteiger partial charge on any atom is -0.352 e. The first-order valence-corrected chi connectivity index (χ1v) is 9.35. The van der Waals surface area contributed by atoms with E-state index >= 15 is 0 Å². The molecular formula is C21H24N4O2. The average molecular weight is 364 g/mol. The zero-order valence-electron chi connectivity index (χ0n) is 15.4. The van der Waals surface area contributed by atoms with Crippen molar-refractivity contribution in [2.45, 2.75) is 26.3 Å². The number of hydrogen-bond acceptors (Lipinski definition) is 3. The van der Waals surface area contributed by atoms with Crippen LogP contribution in [0.4, 0.5) is 10.5 Å². The van der Waals surface area contributed by atoms with Gasteiger partial charge in [0.05, 0.1) is 0 Å². The maximum Gasteiger partial charge on any atom is 0.321 e. The molecule has 0 radical (unpaired) electrons. The zero-order valence-corrected chi connectivity index (χ0v) is 15.4. The molecule has 2 fully saturated rings. The van der Waals surface area contributed by atoms with E-state index in [1.807, 2.05) is 48.2 Å². The van der Waals surface area contributed by atoms with Crippen LogP contribution in [0.3, 0.4) is 0 Å². The van der Waals surface area contributed by atoms with E-state index in [1.54, 1.807) is 12.4 Å². The number of likely N-dealkylation sites (tertiary alicyclic amines) is 1. The van der Waals surface area contributed by atoms with Gasteiger partial charge in [0, 0.05) is 49.0 Å². The molecule has 2 atom stereocenters. The summed E-state index contributed by atoms with van der Waals surface area (Å²) in [6.07, 6.45) is 5.20. The Morgan fingerprint density at radius 3 is 2.67 bits per heavy atom. The number of nitrogens with zero attached hydrogens (tertiary/aromatic N) is 2. The maximum atomic E-state index is 12.5. The summed E-state index contributed by atoms with van der Waals surface area (Å²) in [6.45, 7) is 3.89. The van der Waals surface area contributed by atoms with Gasteiger partial charge in [-0.05, 0) is 49.6 Å². The number of rotatable bonds is 4. The van der Waals surface area contributed by atoms with Gasteiger partial charge in [-0.1, -0.05) is 17.7 Å². The van der Waals surface area contributed by atoms with Crippen molar-refractivity contribution in [1.29, 1.82) is 0 Å². The van der Waals surface area contributed by atoms with E-state index in [4.69, 9.17) is 0 Å². The van der Waals surface area contributed by atoms with Gasteiger partial charge >= 0.3 is 6.03 Å². The van der Waals surface area contributed by atoms with Gasteiger partial charge in [0.1, 0.15) is 0 Å². The Morgan fingerprint density at radius 1 is 1.19 bits per heavy atom. The minimum atomic E-state index is -0.0847. The summed E-state index contributed by atoms with van der Waals surface area (Å²) >= 11 is 0. The molecule has 6 heteroatoms. The quantitative estimate of drug-likeness (QED) is 0.876. The lowest BCUT2D eigenvalue weighted by Gasteiger charge is -2.17. The number of hydrogen-bond donors (Lipinski definition) is 2. The van der Waals surface area contributed by atoms with Crippen LogP contribution >= 0.6 is 0 Å². The minimum absolute atomic E-state index is 0.0107. The van der Waals surface area contributed by atoms with Crippen LogP contribution < -0.4 is 10.6 Å². The number of carbonyl (C=O) groups excluding carboxylic acids is 2. The highest BCUT2D eigenvalue weighted by molar-refractivity contribution is 5.90. The molecule has 140 valence electrons. The maximum absolute atomic E-state index is 12.5. The summed E-state index contributed by atoms with van der Waals surface area (Å²) in [5.74, 6) is 0.101. The standard InChI is InChI=1S/C21H24N4O2/c1-15-2-4-17(5-3-15)24-20(27)25-11-8-21(14-25)12-18(21)19(26)23-13-16-6-9-22-10-7-16/h2-7,9-10,18H,8,11-14H2,1H3,(H,23,26)(H,24,27). The number of aryl methyl sites for hydroxylation is 1. The predicted molar refractivity (Wildman–Crippen MR) is 103 cm³/mol. The molecule has 27 heavy (non-hydrogen) atoms. The van der Waals surface area contributed by atoms with Crippen molar-refractivity contribution in [3.8, 4) is 0 Å². The molecule has 3 amide bonds. The van der Waals surface area contributed by atoms with Crippen LogP contribution in [0.5, 0.6) is 0 Å². The molecule has 1 aromatic heterocycles. The fourth-order valence-corrected chi connectivity index (χ4v) is 3.89. The van der Waals surface area contributed by atoms with E-state index in [1.165, 1.54) is 0 Å². The monoisotopic (exact) mass is 364 g/mol. The normalized spacial score (nSPS) is 23.3. The lowest BCUT2D eigenvalue weighted by atomic mass is 10.0. The van der Waals surface area contributed by atoms with Gasteiger partial charge in [0.25, 0.3) is 0 Å². The highest BCUT2D eigenvalue weighted by atomic mass is 16.2. The Balaban J connectivity index is 1.28. The molecule has 6 nitrogen and oxygen atoms in total. The van der Waals surface area contributed by atoms with Crippen molar-refractivity contribution in [1.82, 2.24) is 15.2 Å². The van der Waals surface area contributed by atoms with Crippen molar-refractivity contribution in [2.24, 2.45) is 11.3 Å². The van der Waals surface area contributed by atoms with Crippen molar-refractivity contribution in [2.75, 3.05) is 18.4 Å². The number of amides is 3. The first-order valence-electron chi connectivity index (χ1n) is 9.35. The van der Waals surface area contributed by atoms with Crippen molar-refractivity contribution in [3.63, 3.8) is 0 Å². The molecule has 2 N–H and O–H groups in total. The molecule has 1 aliphatic carbocycles. The van der Waals surface area contributed by atoms with E-state index in [0.29, 0.717) is 19.6 Å². The van der Waals surface area contributed by atoms with Crippen LogP contribution in [-0.2, 0) is 11.3 Å². The van der Waals surface area contributed by atoms with Gasteiger partial charge in [-0.3, -0.25) is 9.78 Å². The third-order valence-electron chi connectivity index (χ3n) is 5.70. The van der Waals surface area contributed by atoms with Crippen molar-refractivity contribution in [3.05, 3.63) is 59.9 Å². The van der Waals surface area contributed by atoms with Crippen molar-refractivity contribution >= 4 is 17.6 Å². The molecule has 4 rings (SSSR count). The zero-order chi connectivity index (χ0) is 18.9. The Bertz CT molecular complexity index is 837. The second-order valence-corrected chi connectivity index (χ2v) is 7.66. The number of carbonyl (C=O) groups is 2. The fraction of sp³-hybridized carbons (Fsp3) is 0.381. The molecule has 2 aromatic rings. The van der Waals surface area contributed by atoms with Gasteiger partial charge in [0.15, 0.2) is 0 Å². The number of aromatic nitrogens is 1. The molecule has 2 aliphatic rings. The molecule has 1 saturated heterocycles. The molecule has 1 aromatic carbocycles. The summed E-state index contributed by atoms with van der Waals surface area (Å²) in [5, 5.41) is 5.96. The van der Waals surface area contributed by atoms with Gasteiger partial charge in [0.2, 0.25) is 5.91 Å². The van der Waals surface area contributed by atoms with Crippen molar-refractivity contribution < 1.29 is 9.59 Å². The summed E-state index contributed by atoms with van der Waals surface area (Å²) in [7, 11) is 0. The van der Waals surface area contributed by atoms with Gasteiger partial charge in [-0.25, -0.2) is 4.79 Å². The lowest BCUT2D eigenvalue weighted by molar-refractivity contribution is -0.123. The second kappa shape index (κ2) is 7.02. The van der Waals surface area contributed by atoms with E-state index < -0.39 is 0 Å². The Morgan fingerprint density at radius 2 is 1.93 bits per heavy atom. The number of pyridine rings is 1. The van der Waals surface area contributed by atoms with Crippen LogP contribution in [0.2, 0.25) is 0 Å². The Kier molecular flexibility index (Phi) is 4.56. The average Bonchev–Trinajstić information content (AvgIpc) is 3.22. The largest absolute Gasteiger partial charge is 0.352 e. The van der Waals surface area contributed by atoms with Crippen LogP contribution in [-0.4, -0.2) is 34.9 Å². The van der Waals surface area contributed by atoms with Crippen LogP contribution in [0.1, 0.15) is 24.0 Å². The highest BCUT2D eigenvalue weighted by Crippen LogP contribution is 2.58.